The van der Waals surface area contributed by atoms with Crippen LogP contribution in [0.1, 0.15) is 45.6 Å². The zero-order valence-corrected chi connectivity index (χ0v) is 10.2. The zero-order valence-electron chi connectivity index (χ0n) is 10.2. The van der Waals surface area contributed by atoms with Crippen molar-refractivity contribution in [2.75, 3.05) is 5.32 Å². The Hall–Kier alpha value is -0.990. The minimum absolute atomic E-state index is 0.458. The van der Waals surface area contributed by atoms with Gasteiger partial charge < -0.3 is 9.88 Å². The second-order valence-electron chi connectivity index (χ2n) is 5.70. The molecule has 3 nitrogen and oxygen atoms in total. The van der Waals surface area contributed by atoms with Crippen LogP contribution in [0.5, 0.6) is 0 Å². The van der Waals surface area contributed by atoms with Gasteiger partial charge in [-0.3, -0.25) is 0 Å². The molecule has 2 fully saturated rings. The average Bonchev–Trinajstić information content (AvgIpc) is 2.89. The molecule has 1 heterocycles. The van der Waals surface area contributed by atoms with E-state index in [0.717, 1.165) is 17.8 Å². The fourth-order valence-corrected chi connectivity index (χ4v) is 3.50. The molecule has 0 saturated heterocycles. The molecule has 88 valence electrons. The van der Waals surface area contributed by atoms with Crippen molar-refractivity contribution in [3.63, 3.8) is 0 Å². The molecule has 2 aliphatic rings. The third kappa shape index (κ3) is 1.62. The molecule has 0 aliphatic heterocycles. The fraction of sp³-hybridized carbons (Fsp3) is 0.769. The van der Waals surface area contributed by atoms with Gasteiger partial charge in [0.15, 0.2) is 0 Å². The van der Waals surface area contributed by atoms with Gasteiger partial charge in [-0.2, -0.15) is 0 Å². The van der Waals surface area contributed by atoms with Gasteiger partial charge in [-0.25, -0.2) is 4.98 Å². The number of rotatable bonds is 3. The number of hydrogen-bond donors (Lipinski definition) is 1. The van der Waals surface area contributed by atoms with Crippen molar-refractivity contribution in [1.29, 1.82) is 0 Å². The van der Waals surface area contributed by atoms with Crippen LogP contribution in [0.4, 0.5) is 5.95 Å². The summed E-state index contributed by atoms with van der Waals surface area (Å²) in [5.74, 6) is 2.96. The Morgan fingerprint density at radius 1 is 1.38 bits per heavy atom. The topological polar surface area (TPSA) is 29.9 Å². The maximum absolute atomic E-state index is 4.44. The Labute approximate surface area is 97.3 Å². The molecule has 0 amide bonds. The summed E-state index contributed by atoms with van der Waals surface area (Å²) in [7, 11) is 0. The first kappa shape index (κ1) is 10.2. The van der Waals surface area contributed by atoms with Crippen molar-refractivity contribution < 1.29 is 0 Å². The van der Waals surface area contributed by atoms with E-state index in [-0.39, 0.29) is 0 Å². The number of nitrogens with one attached hydrogen (secondary N) is 1. The number of imidazole rings is 1. The molecule has 2 aliphatic carbocycles. The van der Waals surface area contributed by atoms with Crippen LogP contribution in [0.3, 0.4) is 0 Å². The van der Waals surface area contributed by atoms with E-state index in [2.05, 4.69) is 34.9 Å². The van der Waals surface area contributed by atoms with E-state index in [0.29, 0.717) is 12.1 Å². The molecule has 3 heteroatoms. The van der Waals surface area contributed by atoms with Crippen LogP contribution >= 0.6 is 0 Å². The standard InChI is InChI=1S/C13H21N3/c1-9(2)15-13-14-5-6-16(13)12-8-10-3-4-11(12)7-10/h5-6,9-12H,3-4,7-8H2,1-2H3,(H,14,15). The Morgan fingerprint density at radius 2 is 2.25 bits per heavy atom. The lowest BCUT2D eigenvalue weighted by Crippen LogP contribution is -2.20. The molecule has 1 aromatic heterocycles. The van der Waals surface area contributed by atoms with Crippen LogP contribution in [-0.2, 0) is 0 Å². The van der Waals surface area contributed by atoms with E-state index in [1.165, 1.54) is 25.7 Å². The van der Waals surface area contributed by atoms with E-state index < -0.39 is 0 Å². The van der Waals surface area contributed by atoms with Crippen molar-refractivity contribution in [1.82, 2.24) is 9.55 Å². The van der Waals surface area contributed by atoms with E-state index in [1.54, 1.807) is 0 Å². The SMILES string of the molecule is CC(C)Nc1nccn1C1CC2CCC1C2. The van der Waals surface area contributed by atoms with Crippen molar-refractivity contribution >= 4 is 5.95 Å². The van der Waals surface area contributed by atoms with Crippen molar-refractivity contribution in [2.24, 2.45) is 11.8 Å². The summed E-state index contributed by atoms with van der Waals surface area (Å²) in [5, 5.41) is 3.44. The van der Waals surface area contributed by atoms with E-state index >= 15 is 0 Å². The highest BCUT2D eigenvalue weighted by Crippen LogP contribution is 2.51. The van der Waals surface area contributed by atoms with Gasteiger partial charge in [-0.15, -0.1) is 0 Å². The van der Waals surface area contributed by atoms with Crippen LogP contribution in [0.15, 0.2) is 12.4 Å². The first-order chi connectivity index (χ1) is 7.74. The summed E-state index contributed by atoms with van der Waals surface area (Å²) >= 11 is 0. The fourth-order valence-electron chi connectivity index (χ4n) is 3.50. The largest absolute Gasteiger partial charge is 0.353 e. The average molecular weight is 219 g/mol. The highest BCUT2D eigenvalue weighted by molar-refractivity contribution is 5.28. The Balaban J connectivity index is 1.81. The molecule has 1 aromatic rings. The van der Waals surface area contributed by atoms with Crippen LogP contribution in [0, 0.1) is 11.8 Å². The number of nitrogens with zero attached hydrogens (tertiary/aromatic N) is 2. The second-order valence-corrected chi connectivity index (χ2v) is 5.70. The number of anilines is 1. The smallest absolute Gasteiger partial charge is 0.203 e. The molecular weight excluding hydrogens is 198 g/mol. The lowest BCUT2D eigenvalue weighted by Gasteiger charge is -2.25. The molecule has 2 saturated carbocycles. The Bertz CT molecular complexity index is 369. The minimum Gasteiger partial charge on any atom is -0.353 e. The van der Waals surface area contributed by atoms with Gasteiger partial charge in [-0.1, -0.05) is 6.42 Å². The van der Waals surface area contributed by atoms with Gasteiger partial charge >= 0.3 is 0 Å². The molecule has 16 heavy (non-hydrogen) atoms. The lowest BCUT2D eigenvalue weighted by atomic mass is 9.95. The second kappa shape index (κ2) is 3.79. The van der Waals surface area contributed by atoms with Crippen LogP contribution < -0.4 is 5.32 Å². The Morgan fingerprint density at radius 3 is 2.88 bits per heavy atom. The summed E-state index contributed by atoms with van der Waals surface area (Å²) < 4.78 is 2.38. The normalized spacial score (nSPS) is 32.6. The minimum atomic E-state index is 0.458. The molecule has 3 rings (SSSR count). The maximum Gasteiger partial charge on any atom is 0.203 e. The van der Waals surface area contributed by atoms with E-state index in [9.17, 15) is 0 Å². The van der Waals surface area contributed by atoms with Crippen LogP contribution in [0.2, 0.25) is 0 Å². The molecular formula is C13H21N3. The van der Waals surface area contributed by atoms with Crippen LogP contribution in [0.25, 0.3) is 0 Å². The van der Waals surface area contributed by atoms with E-state index in [1.807, 2.05) is 6.20 Å². The molecule has 0 aromatic carbocycles. The third-order valence-corrected chi connectivity index (χ3v) is 4.14. The van der Waals surface area contributed by atoms with Gasteiger partial charge in [0.1, 0.15) is 0 Å². The zero-order chi connectivity index (χ0) is 11.1. The lowest BCUT2D eigenvalue weighted by molar-refractivity contribution is 0.332. The summed E-state index contributed by atoms with van der Waals surface area (Å²) in [6.45, 7) is 4.33. The van der Waals surface area contributed by atoms with E-state index in [4.69, 9.17) is 0 Å². The monoisotopic (exact) mass is 219 g/mol. The molecule has 2 bridgehead atoms. The van der Waals surface area contributed by atoms with Gasteiger partial charge in [-0.05, 0) is 44.9 Å². The molecule has 0 radical (unpaired) electrons. The number of fused-ring (bicyclic) bond motifs is 2. The summed E-state index contributed by atoms with van der Waals surface area (Å²) in [6, 6.07) is 1.17. The predicted octanol–water partition coefficient (Wildman–Crippen LogP) is 3.06. The quantitative estimate of drug-likeness (QED) is 0.846. The van der Waals surface area contributed by atoms with Gasteiger partial charge in [0.2, 0.25) is 5.95 Å². The summed E-state index contributed by atoms with van der Waals surface area (Å²) in [5.41, 5.74) is 0. The highest BCUT2D eigenvalue weighted by Gasteiger charge is 2.40. The first-order valence-electron chi connectivity index (χ1n) is 6.53. The molecule has 3 atom stereocenters. The summed E-state index contributed by atoms with van der Waals surface area (Å²) in [4.78, 5) is 4.44. The molecule has 1 N–H and O–H groups in total. The van der Waals surface area contributed by atoms with Gasteiger partial charge in [0, 0.05) is 24.5 Å². The first-order valence-corrected chi connectivity index (χ1v) is 6.53. The molecule has 3 unspecified atom stereocenters. The summed E-state index contributed by atoms with van der Waals surface area (Å²) in [6.07, 6.45) is 9.78. The molecule has 0 spiro atoms. The van der Waals surface area contributed by atoms with Crippen molar-refractivity contribution in [3.05, 3.63) is 12.4 Å². The predicted molar refractivity (Wildman–Crippen MR) is 65.5 cm³/mol. The van der Waals surface area contributed by atoms with Crippen molar-refractivity contribution in [2.45, 2.75) is 51.6 Å². The van der Waals surface area contributed by atoms with Gasteiger partial charge in [0.25, 0.3) is 0 Å². The number of aromatic nitrogens is 2. The third-order valence-electron chi connectivity index (χ3n) is 4.14. The van der Waals surface area contributed by atoms with Gasteiger partial charge in [0.05, 0.1) is 0 Å². The maximum atomic E-state index is 4.44. The van der Waals surface area contributed by atoms with Crippen LogP contribution in [-0.4, -0.2) is 15.6 Å². The van der Waals surface area contributed by atoms with Crippen molar-refractivity contribution in [3.8, 4) is 0 Å². The highest BCUT2D eigenvalue weighted by atomic mass is 15.2. The Kier molecular flexibility index (Phi) is 2.41. The number of hydrogen-bond acceptors (Lipinski definition) is 2.